The Balaban J connectivity index is 2.04. The number of nitrogens with zero attached hydrogens (tertiary/aromatic N) is 2. The van der Waals surface area contributed by atoms with Crippen LogP contribution in [-0.2, 0) is 17.9 Å². The number of nitro benzene ring substituents is 1. The number of carbonyl (C=O) groups is 1. The topological polar surface area (TPSA) is 75.5 Å². The zero-order valence-corrected chi connectivity index (χ0v) is 14.6. The van der Waals surface area contributed by atoms with Crippen LogP contribution in [0.1, 0.15) is 16.7 Å². The van der Waals surface area contributed by atoms with E-state index in [1.807, 2.05) is 43.3 Å². The first-order chi connectivity index (χ1) is 12.4. The quantitative estimate of drug-likeness (QED) is 0.469. The largest absolute Gasteiger partial charge is 0.348 e. The Hall–Kier alpha value is -3.06. The third kappa shape index (κ3) is 5.49. The number of amides is 1. The van der Waals surface area contributed by atoms with Crippen molar-refractivity contribution in [3.8, 4) is 0 Å². The molecule has 26 heavy (non-hydrogen) atoms. The van der Waals surface area contributed by atoms with Crippen LogP contribution < -0.4 is 5.32 Å². The van der Waals surface area contributed by atoms with Crippen molar-refractivity contribution in [2.24, 2.45) is 0 Å². The van der Waals surface area contributed by atoms with E-state index in [0.717, 1.165) is 29.8 Å². The molecule has 136 valence electrons. The summed E-state index contributed by atoms with van der Waals surface area (Å²) < 4.78 is 13.1. The SMILES string of the molecule is CN(C)Cc1ccccc1CNC(=O)/C=C/c1ccc(F)cc1[N+](=O)[O-]. The fraction of sp³-hybridized carbons (Fsp3) is 0.211. The predicted molar refractivity (Wildman–Crippen MR) is 97.8 cm³/mol. The fourth-order valence-corrected chi connectivity index (χ4v) is 2.45. The summed E-state index contributed by atoms with van der Waals surface area (Å²) in [7, 11) is 3.93. The maximum atomic E-state index is 13.1. The predicted octanol–water partition coefficient (Wildman–Crippen LogP) is 3.13. The van der Waals surface area contributed by atoms with Crippen molar-refractivity contribution >= 4 is 17.7 Å². The Morgan fingerprint density at radius 3 is 2.58 bits per heavy atom. The van der Waals surface area contributed by atoms with Crippen molar-refractivity contribution in [2.75, 3.05) is 14.1 Å². The summed E-state index contributed by atoms with van der Waals surface area (Å²) in [6.45, 7) is 1.10. The molecule has 2 aromatic carbocycles. The van der Waals surface area contributed by atoms with Gasteiger partial charge in [0.25, 0.3) is 5.69 Å². The van der Waals surface area contributed by atoms with Gasteiger partial charge < -0.3 is 10.2 Å². The number of benzene rings is 2. The van der Waals surface area contributed by atoms with E-state index < -0.39 is 10.7 Å². The molecular formula is C19H20FN3O3. The second-order valence-corrected chi connectivity index (χ2v) is 6.02. The maximum absolute atomic E-state index is 13.1. The lowest BCUT2D eigenvalue weighted by atomic mass is 10.1. The van der Waals surface area contributed by atoms with Crippen LogP contribution in [0.3, 0.4) is 0 Å². The van der Waals surface area contributed by atoms with Gasteiger partial charge in [-0.15, -0.1) is 0 Å². The molecule has 0 aliphatic rings. The summed E-state index contributed by atoms with van der Waals surface area (Å²) in [6.07, 6.45) is 2.51. The van der Waals surface area contributed by atoms with E-state index in [2.05, 4.69) is 5.32 Å². The van der Waals surface area contributed by atoms with Crippen molar-refractivity contribution in [1.82, 2.24) is 10.2 Å². The third-order valence-corrected chi connectivity index (χ3v) is 3.66. The zero-order chi connectivity index (χ0) is 19.1. The second kappa shape index (κ2) is 8.87. The van der Waals surface area contributed by atoms with Crippen molar-refractivity contribution in [3.05, 3.63) is 81.2 Å². The van der Waals surface area contributed by atoms with Gasteiger partial charge in [0.05, 0.1) is 16.6 Å². The number of hydrogen-bond acceptors (Lipinski definition) is 4. The van der Waals surface area contributed by atoms with Crippen LogP contribution in [0.2, 0.25) is 0 Å². The van der Waals surface area contributed by atoms with Crippen LogP contribution in [0.15, 0.2) is 48.5 Å². The molecule has 1 amide bonds. The molecule has 0 bridgehead atoms. The first kappa shape index (κ1) is 19.3. The summed E-state index contributed by atoms with van der Waals surface area (Å²) in [5.41, 5.74) is 1.89. The van der Waals surface area contributed by atoms with E-state index in [1.165, 1.54) is 18.2 Å². The van der Waals surface area contributed by atoms with Gasteiger partial charge >= 0.3 is 0 Å². The normalized spacial score (nSPS) is 11.1. The molecular weight excluding hydrogens is 337 g/mol. The summed E-state index contributed by atoms with van der Waals surface area (Å²) in [4.78, 5) is 24.3. The minimum atomic E-state index is -0.698. The van der Waals surface area contributed by atoms with Crippen LogP contribution in [0.5, 0.6) is 0 Å². The molecule has 0 aromatic heterocycles. The van der Waals surface area contributed by atoms with Crippen LogP contribution >= 0.6 is 0 Å². The molecule has 2 aromatic rings. The Labute approximate surface area is 151 Å². The smallest absolute Gasteiger partial charge is 0.279 e. The number of rotatable bonds is 7. The van der Waals surface area contributed by atoms with E-state index in [4.69, 9.17) is 0 Å². The minimum absolute atomic E-state index is 0.166. The lowest BCUT2D eigenvalue weighted by molar-refractivity contribution is -0.385. The van der Waals surface area contributed by atoms with Crippen LogP contribution in [-0.4, -0.2) is 29.8 Å². The third-order valence-electron chi connectivity index (χ3n) is 3.66. The molecule has 0 heterocycles. The van der Waals surface area contributed by atoms with Gasteiger partial charge in [-0.25, -0.2) is 4.39 Å². The Kier molecular flexibility index (Phi) is 6.57. The van der Waals surface area contributed by atoms with Crippen molar-refractivity contribution in [1.29, 1.82) is 0 Å². The highest BCUT2D eigenvalue weighted by Crippen LogP contribution is 2.21. The standard InChI is InChI=1S/C19H20FN3O3/c1-22(2)13-16-6-4-3-5-15(16)12-21-19(24)10-8-14-7-9-17(20)11-18(14)23(25)26/h3-11H,12-13H2,1-2H3,(H,21,24)/b10-8+. The van der Waals surface area contributed by atoms with E-state index in [9.17, 15) is 19.3 Å². The molecule has 0 fully saturated rings. The summed E-state index contributed by atoms with van der Waals surface area (Å²) in [5, 5.41) is 13.7. The molecule has 0 spiro atoms. The lowest BCUT2D eigenvalue weighted by Gasteiger charge is -2.14. The van der Waals surface area contributed by atoms with Crippen LogP contribution in [0.4, 0.5) is 10.1 Å². The Bertz CT molecular complexity index is 835. The van der Waals surface area contributed by atoms with E-state index in [0.29, 0.717) is 6.54 Å². The highest BCUT2D eigenvalue weighted by Gasteiger charge is 2.13. The van der Waals surface area contributed by atoms with E-state index >= 15 is 0 Å². The van der Waals surface area contributed by atoms with Gasteiger partial charge in [-0.2, -0.15) is 0 Å². The molecule has 0 aliphatic carbocycles. The second-order valence-electron chi connectivity index (χ2n) is 6.02. The van der Waals surface area contributed by atoms with Crippen LogP contribution in [0.25, 0.3) is 6.08 Å². The molecule has 2 rings (SSSR count). The van der Waals surface area contributed by atoms with Crippen LogP contribution in [0, 0.1) is 15.9 Å². The first-order valence-electron chi connectivity index (χ1n) is 7.98. The van der Waals surface area contributed by atoms with Gasteiger partial charge in [-0.1, -0.05) is 24.3 Å². The maximum Gasteiger partial charge on any atom is 0.279 e. The fourth-order valence-electron chi connectivity index (χ4n) is 2.45. The van der Waals surface area contributed by atoms with Crippen molar-refractivity contribution in [3.63, 3.8) is 0 Å². The zero-order valence-electron chi connectivity index (χ0n) is 14.6. The monoisotopic (exact) mass is 357 g/mol. The summed E-state index contributed by atoms with van der Waals surface area (Å²) >= 11 is 0. The van der Waals surface area contributed by atoms with E-state index in [-0.39, 0.29) is 17.2 Å². The number of nitro groups is 1. The molecule has 0 unspecified atom stereocenters. The molecule has 0 saturated heterocycles. The minimum Gasteiger partial charge on any atom is -0.348 e. The van der Waals surface area contributed by atoms with E-state index in [1.54, 1.807) is 0 Å². The van der Waals surface area contributed by atoms with Gasteiger partial charge in [0.15, 0.2) is 0 Å². The Morgan fingerprint density at radius 2 is 1.92 bits per heavy atom. The Morgan fingerprint density at radius 1 is 1.23 bits per heavy atom. The average molecular weight is 357 g/mol. The van der Waals surface area contributed by atoms with Gasteiger partial charge in [-0.05, 0) is 43.4 Å². The number of carbonyl (C=O) groups excluding carboxylic acids is 1. The van der Waals surface area contributed by atoms with Gasteiger partial charge in [0.1, 0.15) is 5.82 Å². The molecule has 6 nitrogen and oxygen atoms in total. The molecule has 0 atom stereocenters. The lowest BCUT2D eigenvalue weighted by Crippen LogP contribution is -2.22. The molecule has 0 radical (unpaired) electrons. The summed E-state index contributed by atoms with van der Waals surface area (Å²) in [6, 6.07) is 11.0. The molecule has 0 saturated carbocycles. The van der Waals surface area contributed by atoms with Gasteiger partial charge in [0, 0.05) is 19.2 Å². The number of halogens is 1. The highest BCUT2D eigenvalue weighted by molar-refractivity contribution is 5.92. The van der Waals surface area contributed by atoms with Gasteiger partial charge in [0.2, 0.25) is 5.91 Å². The molecule has 1 N–H and O–H groups in total. The van der Waals surface area contributed by atoms with Crippen molar-refractivity contribution in [2.45, 2.75) is 13.1 Å². The number of hydrogen-bond donors (Lipinski definition) is 1. The molecule has 7 heteroatoms. The average Bonchev–Trinajstić information content (AvgIpc) is 2.59. The molecule has 0 aliphatic heterocycles. The van der Waals surface area contributed by atoms with Crippen molar-refractivity contribution < 1.29 is 14.1 Å². The number of nitrogens with one attached hydrogen (secondary N) is 1. The summed E-state index contributed by atoms with van der Waals surface area (Å²) in [5.74, 6) is -1.08. The highest BCUT2D eigenvalue weighted by atomic mass is 19.1. The van der Waals surface area contributed by atoms with Gasteiger partial charge in [-0.3, -0.25) is 14.9 Å². The first-order valence-corrected chi connectivity index (χ1v) is 7.98.